The molecule has 2 heterocycles. The number of fused-ring (bicyclic) bond motifs is 1. The largest absolute Gasteiger partial charge is 0.448 e. The fourth-order valence-electron chi connectivity index (χ4n) is 5.33. The molecule has 2 aliphatic heterocycles. The average molecular weight is 436 g/mol. The van der Waals surface area contributed by atoms with Crippen LogP contribution in [0.3, 0.4) is 0 Å². The molecule has 0 radical (unpaired) electrons. The van der Waals surface area contributed by atoms with Gasteiger partial charge >= 0.3 is 6.09 Å². The molecule has 2 aromatic carbocycles. The van der Waals surface area contributed by atoms with Gasteiger partial charge in [0.25, 0.3) is 5.91 Å². The molecule has 0 spiro atoms. The Balaban J connectivity index is 1.38. The number of amides is 2. The van der Waals surface area contributed by atoms with E-state index in [-0.39, 0.29) is 11.9 Å². The van der Waals surface area contributed by atoms with Crippen LogP contribution in [0.15, 0.2) is 48.5 Å². The Bertz CT molecular complexity index is 928. The Morgan fingerprint density at radius 1 is 0.969 bits per heavy atom. The number of nitrogens with two attached hydrogens (primary N) is 1. The second-order valence-corrected chi connectivity index (χ2v) is 9.26. The van der Waals surface area contributed by atoms with Crippen LogP contribution in [0.25, 0.3) is 0 Å². The second-order valence-electron chi connectivity index (χ2n) is 9.26. The van der Waals surface area contributed by atoms with Crippen LogP contribution in [-0.4, -0.2) is 60.6 Å². The summed E-state index contributed by atoms with van der Waals surface area (Å²) in [5.41, 5.74) is 9.45. The van der Waals surface area contributed by atoms with Gasteiger partial charge in [0.1, 0.15) is 6.61 Å². The van der Waals surface area contributed by atoms with Gasteiger partial charge in [-0.2, -0.15) is 0 Å². The fraction of sp³-hybridized carbons (Fsp3) is 0.462. The third-order valence-electron chi connectivity index (χ3n) is 7.04. The molecular weight excluding hydrogens is 402 g/mol. The van der Waals surface area contributed by atoms with Crippen molar-refractivity contribution in [1.82, 2.24) is 9.80 Å². The van der Waals surface area contributed by atoms with Crippen LogP contribution in [0.5, 0.6) is 0 Å². The van der Waals surface area contributed by atoms with E-state index >= 15 is 0 Å². The van der Waals surface area contributed by atoms with Crippen molar-refractivity contribution in [3.63, 3.8) is 0 Å². The van der Waals surface area contributed by atoms with Gasteiger partial charge in [0.15, 0.2) is 0 Å². The van der Waals surface area contributed by atoms with Gasteiger partial charge in [-0.15, -0.1) is 0 Å². The third kappa shape index (κ3) is 4.96. The van der Waals surface area contributed by atoms with Crippen LogP contribution < -0.4 is 5.73 Å². The van der Waals surface area contributed by atoms with Gasteiger partial charge in [-0.05, 0) is 55.2 Å². The van der Waals surface area contributed by atoms with E-state index in [9.17, 15) is 9.59 Å². The third-order valence-corrected chi connectivity index (χ3v) is 7.04. The molecule has 170 valence electrons. The summed E-state index contributed by atoms with van der Waals surface area (Å²) in [4.78, 5) is 28.9. The van der Waals surface area contributed by atoms with E-state index in [4.69, 9.17) is 10.5 Å². The number of ether oxygens (including phenoxy) is 1. The molecule has 0 aromatic heterocycles. The smallest absolute Gasteiger partial charge is 0.404 e. The Morgan fingerprint density at radius 3 is 2.19 bits per heavy atom. The van der Waals surface area contributed by atoms with Gasteiger partial charge < -0.3 is 15.4 Å². The lowest BCUT2D eigenvalue weighted by molar-refractivity contribution is 0.0741. The van der Waals surface area contributed by atoms with Crippen LogP contribution in [-0.2, 0) is 11.2 Å². The summed E-state index contributed by atoms with van der Waals surface area (Å²) in [6.45, 7) is 7.74. The van der Waals surface area contributed by atoms with Crippen LogP contribution in [0.4, 0.5) is 4.79 Å². The van der Waals surface area contributed by atoms with Crippen LogP contribution in [0, 0.1) is 25.7 Å². The summed E-state index contributed by atoms with van der Waals surface area (Å²) in [5.74, 6) is 1.06. The quantitative estimate of drug-likeness (QED) is 0.723. The zero-order valence-electron chi connectivity index (χ0n) is 19.0. The Hall–Kier alpha value is -2.86. The molecule has 2 aromatic rings. The second kappa shape index (κ2) is 9.74. The Labute approximate surface area is 190 Å². The highest BCUT2D eigenvalue weighted by molar-refractivity contribution is 5.97. The van der Waals surface area contributed by atoms with E-state index in [1.165, 1.54) is 5.56 Å². The van der Waals surface area contributed by atoms with E-state index in [0.29, 0.717) is 18.4 Å². The summed E-state index contributed by atoms with van der Waals surface area (Å²) >= 11 is 0. The molecule has 2 amide bonds. The van der Waals surface area contributed by atoms with E-state index in [0.717, 1.165) is 55.7 Å². The average Bonchev–Trinajstić information content (AvgIpc) is 3.33. The maximum absolute atomic E-state index is 13.2. The summed E-state index contributed by atoms with van der Waals surface area (Å²) < 4.78 is 5.20. The molecule has 2 unspecified atom stereocenters. The van der Waals surface area contributed by atoms with Crippen molar-refractivity contribution < 1.29 is 14.3 Å². The summed E-state index contributed by atoms with van der Waals surface area (Å²) in [6, 6.07) is 16.5. The summed E-state index contributed by atoms with van der Waals surface area (Å²) in [6.07, 6.45) is 1.11. The number of carbonyl (C=O) groups excluding carboxylic acids is 2. The Kier molecular flexibility index (Phi) is 6.80. The number of nitrogens with zero attached hydrogens (tertiary/aromatic N) is 2. The zero-order valence-corrected chi connectivity index (χ0v) is 19.0. The predicted octanol–water partition coefficient (Wildman–Crippen LogP) is 3.40. The van der Waals surface area contributed by atoms with Crippen molar-refractivity contribution in [3.8, 4) is 0 Å². The summed E-state index contributed by atoms with van der Waals surface area (Å²) in [5, 5.41) is 0. The molecule has 2 aliphatic rings. The summed E-state index contributed by atoms with van der Waals surface area (Å²) in [7, 11) is 0. The number of likely N-dealkylation sites (tertiary alicyclic amines) is 2. The van der Waals surface area contributed by atoms with Gasteiger partial charge in [-0.25, -0.2) is 4.79 Å². The van der Waals surface area contributed by atoms with Gasteiger partial charge in [0.05, 0.1) is 0 Å². The molecular formula is C26H33N3O3. The molecule has 6 heteroatoms. The standard InChI is InChI=1S/C26H33N3O3/c1-18-7-6-8-19(2)24(18)25(30)29-15-21-13-28(14-22(21)16-29)23(17-32-26(27)31)12-11-20-9-4-3-5-10-20/h3-10,21-23H,11-17H2,1-2H3,(H2,27,31)/t21?,22?,23-/m0/s1. The van der Waals surface area contributed by atoms with Crippen molar-refractivity contribution in [2.24, 2.45) is 17.6 Å². The minimum absolute atomic E-state index is 0.135. The van der Waals surface area contributed by atoms with Crippen molar-refractivity contribution >= 4 is 12.0 Å². The van der Waals surface area contributed by atoms with Crippen LogP contribution in [0.1, 0.15) is 33.5 Å². The van der Waals surface area contributed by atoms with E-state index in [1.807, 2.05) is 55.1 Å². The first kappa shape index (κ1) is 22.3. The van der Waals surface area contributed by atoms with Gasteiger partial charge in [-0.3, -0.25) is 9.69 Å². The van der Waals surface area contributed by atoms with Gasteiger partial charge in [-0.1, -0.05) is 48.5 Å². The minimum atomic E-state index is -0.723. The molecule has 6 nitrogen and oxygen atoms in total. The number of primary amides is 1. The predicted molar refractivity (Wildman–Crippen MR) is 124 cm³/mol. The normalized spacial score (nSPS) is 21.4. The number of benzene rings is 2. The first-order valence-corrected chi connectivity index (χ1v) is 11.5. The number of rotatable bonds is 7. The fourth-order valence-corrected chi connectivity index (χ4v) is 5.33. The molecule has 2 fully saturated rings. The van der Waals surface area contributed by atoms with Crippen molar-refractivity contribution in [2.75, 3.05) is 32.8 Å². The maximum atomic E-state index is 13.2. The van der Waals surface area contributed by atoms with E-state index in [2.05, 4.69) is 17.0 Å². The lowest BCUT2D eigenvalue weighted by Crippen LogP contribution is -2.41. The molecule has 4 rings (SSSR count). The minimum Gasteiger partial charge on any atom is -0.448 e. The number of hydrogen-bond acceptors (Lipinski definition) is 4. The highest BCUT2D eigenvalue weighted by Crippen LogP contribution is 2.34. The van der Waals surface area contributed by atoms with Crippen LogP contribution in [0.2, 0.25) is 0 Å². The van der Waals surface area contributed by atoms with Crippen molar-refractivity contribution in [3.05, 3.63) is 70.8 Å². The van der Waals surface area contributed by atoms with E-state index < -0.39 is 6.09 Å². The van der Waals surface area contributed by atoms with E-state index in [1.54, 1.807) is 0 Å². The molecule has 2 N–H and O–H groups in total. The van der Waals surface area contributed by atoms with Gasteiger partial charge in [0.2, 0.25) is 0 Å². The Morgan fingerprint density at radius 2 is 1.59 bits per heavy atom. The molecule has 2 saturated heterocycles. The number of carbonyl (C=O) groups is 2. The van der Waals surface area contributed by atoms with Crippen molar-refractivity contribution in [1.29, 1.82) is 0 Å². The SMILES string of the molecule is Cc1cccc(C)c1C(=O)N1CC2CN([C@@H](CCc3ccccc3)COC(N)=O)CC2C1. The maximum Gasteiger partial charge on any atom is 0.404 e. The van der Waals surface area contributed by atoms with Crippen molar-refractivity contribution in [2.45, 2.75) is 32.7 Å². The van der Waals surface area contributed by atoms with Crippen LogP contribution >= 0.6 is 0 Å². The lowest BCUT2D eigenvalue weighted by atomic mass is 10.0. The molecule has 0 saturated carbocycles. The first-order chi connectivity index (χ1) is 15.4. The monoisotopic (exact) mass is 435 g/mol. The highest BCUT2D eigenvalue weighted by atomic mass is 16.5. The zero-order chi connectivity index (χ0) is 22.7. The number of aryl methyl sites for hydroxylation is 3. The number of hydrogen-bond donors (Lipinski definition) is 1. The topological polar surface area (TPSA) is 75.9 Å². The molecule has 3 atom stereocenters. The molecule has 32 heavy (non-hydrogen) atoms. The molecule has 0 bridgehead atoms. The molecule has 0 aliphatic carbocycles. The lowest BCUT2D eigenvalue weighted by Gasteiger charge is -2.29. The highest BCUT2D eigenvalue weighted by Gasteiger charge is 2.43. The van der Waals surface area contributed by atoms with Gasteiger partial charge in [0, 0.05) is 37.8 Å². The first-order valence-electron chi connectivity index (χ1n) is 11.5.